The summed E-state index contributed by atoms with van der Waals surface area (Å²) in [5.74, 6) is -0.0693. The van der Waals surface area contributed by atoms with Gasteiger partial charge in [0.1, 0.15) is 5.69 Å². The van der Waals surface area contributed by atoms with Crippen LogP contribution in [0.4, 0.5) is 11.4 Å². The minimum atomic E-state index is -0.0693. The van der Waals surface area contributed by atoms with Gasteiger partial charge < -0.3 is 10.6 Å². The number of nitrogens with one attached hydrogen (secondary N) is 2. The lowest BCUT2D eigenvalue weighted by Crippen LogP contribution is -2.36. The number of rotatable bonds is 4. The first kappa shape index (κ1) is 16.5. The number of nitrogens with zero attached hydrogens (tertiary/aromatic N) is 1. The van der Waals surface area contributed by atoms with Crippen molar-refractivity contribution in [1.29, 1.82) is 0 Å². The number of hydrogen-bond donors (Lipinski definition) is 2. The van der Waals surface area contributed by atoms with Crippen LogP contribution in [0.3, 0.4) is 0 Å². The maximum Gasteiger partial charge on any atom is 0.270 e. The first-order valence-corrected chi connectivity index (χ1v) is 8.73. The van der Waals surface area contributed by atoms with Crippen LogP contribution in [0.1, 0.15) is 53.7 Å². The Balaban J connectivity index is 1.64. The molecule has 3 rings (SSSR count). The lowest BCUT2D eigenvalue weighted by atomic mass is 9.95. The summed E-state index contributed by atoms with van der Waals surface area (Å²) >= 11 is 0. The lowest BCUT2D eigenvalue weighted by Gasteiger charge is -2.22. The van der Waals surface area contributed by atoms with E-state index in [2.05, 4.69) is 35.5 Å². The molecule has 24 heavy (non-hydrogen) atoms. The van der Waals surface area contributed by atoms with E-state index >= 15 is 0 Å². The second-order valence-electron chi connectivity index (χ2n) is 6.61. The normalized spacial score (nSPS) is 15.1. The van der Waals surface area contributed by atoms with Gasteiger partial charge in [0.2, 0.25) is 0 Å². The molecular weight excluding hydrogens is 298 g/mol. The van der Waals surface area contributed by atoms with E-state index in [9.17, 15) is 4.79 Å². The summed E-state index contributed by atoms with van der Waals surface area (Å²) < 4.78 is 0. The molecule has 2 N–H and O–H groups in total. The zero-order valence-corrected chi connectivity index (χ0v) is 14.4. The van der Waals surface area contributed by atoms with Gasteiger partial charge in [-0.15, -0.1) is 0 Å². The second kappa shape index (κ2) is 7.47. The topological polar surface area (TPSA) is 54.0 Å². The number of carbonyl (C=O) groups excluding carboxylic acids is 1. The number of hydrogen-bond acceptors (Lipinski definition) is 3. The van der Waals surface area contributed by atoms with E-state index in [1.54, 1.807) is 12.3 Å². The van der Waals surface area contributed by atoms with Crippen LogP contribution in [0.5, 0.6) is 0 Å². The van der Waals surface area contributed by atoms with Gasteiger partial charge in [-0.1, -0.05) is 31.4 Å². The highest BCUT2D eigenvalue weighted by molar-refractivity contribution is 5.92. The maximum atomic E-state index is 12.3. The van der Waals surface area contributed by atoms with Crippen LogP contribution in [0.25, 0.3) is 0 Å². The molecule has 0 unspecified atom stereocenters. The van der Waals surface area contributed by atoms with Gasteiger partial charge in [-0.2, -0.15) is 0 Å². The first-order chi connectivity index (χ1) is 11.6. The molecule has 2 aromatic rings. The third-order valence-electron chi connectivity index (χ3n) is 4.82. The first-order valence-electron chi connectivity index (χ1n) is 8.73. The lowest BCUT2D eigenvalue weighted by molar-refractivity contribution is 0.0922. The van der Waals surface area contributed by atoms with Gasteiger partial charge >= 0.3 is 0 Å². The minimum Gasteiger partial charge on any atom is -0.354 e. The predicted molar refractivity (Wildman–Crippen MR) is 97.8 cm³/mol. The monoisotopic (exact) mass is 323 g/mol. The summed E-state index contributed by atoms with van der Waals surface area (Å²) in [7, 11) is 0. The predicted octanol–water partition coefficient (Wildman–Crippen LogP) is 4.50. The summed E-state index contributed by atoms with van der Waals surface area (Å²) in [5, 5.41) is 6.47. The molecule has 126 valence electrons. The molecule has 1 heterocycles. The fraction of sp³-hybridized carbons (Fsp3) is 0.400. The summed E-state index contributed by atoms with van der Waals surface area (Å²) in [6.45, 7) is 4.19. The Hall–Kier alpha value is -2.36. The van der Waals surface area contributed by atoms with E-state index in [-0.39, 0.29) is 5.91 Å². The van der Waals surface area contributed by atoms with Crippen molar-refractivity contribution in [2.24, 2.45) is 0 Å². The Bertz CT molecular complexity index is 703. The van der Waals surface area contributed by atoms with Crippen LogP contribution in [-0.2, 0) is 0 Å². The summed E-state index contributed by atoms with van der Waals surface area (Å²) in [5.41, 5.74) is 4.90. The van der Waals surface area contributed by atoms with Crippen molar-refractivity contribution in [3.05, 3.63) is 53.3 Å². The second-order valence-corrected chi connectivity index (χ2v) is 6.61. The third-order valence-corrected chi connectivity index (χ3v) is 4.82. The number of carbonyl (C=O) groups is 1. The van der Waals surface area contributed by atoms with Crippen molar-refractivity contribution < 1.29 is 4.79 Å². The average molecular weight is 323 g/mol. The third kappa shape index (κ3) is 3.94. The smallest absolute Gasteiger partial charge is 0.270 e. The highest BCUT2D eigenvalue weighted by atomic mass is 16.1. The van der Waals surface area contributed by atoms with Crippen molar-refractivity contribution in [1.82, 2.24) is 10.3 Å². The van der Waals surface area contributed by atoms with E-state index in [4.69, 9.17) is 0 Å². The van der Waals surface area contributed by atoms with Crippen LogP contribution in [-0.4, -0.2) is 16.9 Å². The zero-order valence-electron chi connectivity index (χ0n) is 14.4. The van der Waals surface area contributed by atoms with Crippen molar-refractivity contribution in [2.75, 3.05) is 5.32 Å². The summed E-state index contributed by atoms with van der Waals surface area (Å²) in [6, 6.07) is 10.2. The standard InChI is InChI=1S/C20H25N3O/c1-14-7-6-10-18(15(14)2)22-17-11-12-19(21-13-17)20(24)23-16-8-4-3-5-9-16/h6-7,10-13,16,22H,3-5,8-9H2,1-2H3,(H,23,24). The van der Waals surface area contributed by atoms with E-state index in [0.29, 0.717) is 11.7 Å². The van der Waals surface area contributed by atoms with E-state index < -0.39 is 0 Å². The SMILES string of the molecule is Cc1cccc(Nc2ccc(C(=O)NC3CCCCC3)nc2)c1C. The molecule has 0 spiro atoms. The van der Waals surface area contributed by atoms with Crippen LogP contribution in [0, 0.1) is 13.8 Å². The van der Waals surface area contributed by atoms with Crippen LogP contribution in [0.2, 0.25) is 0 Å². The van der Waals surface area contributed by atoms with Crippen molar-refractivity contribution >= 4 is 17.3 Å². The molecule has 0 aliphatic heterocycles. The average Bonchev–Trinajstić information content (AvgIpc) is 2.60. The molecule has 1 amide bonds. The molecule has 1 saturated carbocycles. The fourth-order valence-corrected chi connectivity index (χ4v) is 3.15. The van der Waals surface area contributed by atoms with Gasteiger partial charge in [-0.05, 0) is 56.0 Å². The molecule has 1 aliphatic rings. The molecule has 1 aromatic carbocycles. The maximum absolute atomic E-state index is 12.3. The highest BCUT2D eigenvalue weighted by Crippen LogP contribution is 2.22. The van der Waals surface area contributed by atoms with Gasteiger partial charge in [-0.25, -0.2) is 4.98 Å². The number of amides is 1. The van der Waals surface area contributed by atoms with Crippen LogP contribution in [0.15, 0.2) is 36.5 Å². The van der Waals surface area contributed by atoms with Gasteiger partial charge in [0.25, 0.3) is 5.91 Å². The van der Waals surface area contributed by atoms with Gasteiger partial charge in [0, 0.05) is 11.7 Å². The number of aryl methyl sites for hydroxylation is 1. The van der Waals surface area contributed by atoms with Crippen LogP contribution >= 0.6 is 0 Å². The fourth-order valence-electron chi connectivity index (χ4n) is 3.15. The molecule has 1 fully saturated rings. The Labute approximate surface area is 143 Å². The molecule has 0 saturated heterocycles. The molecule has 0 bridgehead atoms. The molecule has 4 nitrogen and oxygen atoms in total. The van der Waals surface area contributed by atoms with Gasteiger partial charge in [0.15, 0.2) is 0 Å². The van der Waals surface area contributed by atoms with Crippen molar-refractivity contribution in [3.63, 3.8) is 0 Å². The molecule has 0 atom stereocenters. The number of benzene rings is 1. The molecular formula is C20H25N3O. The number of pyridine rings is 1. The Morgan fingerprint density at radius 1 is 1.08 bits per heavy atom. The zero-order chi connectivity index (χ0) is 16.9. The number of anilines is 2. The Morgan fingerprint density at radius 3 is 2.58 bits per heavy atom. The largest absolute Gasteiger partial charge is 0.354 e. The molecule has 1 aromatic heterocycles. The minimum absolute atomic E-state index is 0.0693. The van der Waals surface area contributed by atoms with Crippen molar-refractivity contribution in [3.8, 4) is 0 Å². The quantitative estimate of drug-likeness (QED) is 0.870. The highest BCUT2D eigenvalue weighted by Gasteiger charge is 2.17. The summed E-state index contributed by atoms with van der Waals surface area (Å²) in [4.78, 5) is 16.6. The molecule has 0 radical (unpaired) electrons. The van der Waals surface area contributed by atoms with E-state index in [1.165, 1.54) is 30.4 Å². The summed E-state index contributed by atoms with van der Waals surface area (Å²) in [6.07, 6.45) is 7.57. The van der Waals surface area contributed by atoms with Gasteiger partial charge in [0.05, 0.1) is 11.9 Å². The molecule has 1 aliphatic carbocycles. The van der Waals surface area contributed by atoms with Gasteiger partial charge in [-0.3, -0.25) is 4.79 Å². The Kier molecular flexibility index (Phi) is 5.14. The van der Waals surface area contributed by atoms with Crippen LogP contribution < -0.4 is 10.6 Å². The Morgan fingerprint density at radius 2 is 1.88 bits per heavy atom. The molecule has 4 heteroatoms. The number of aromatic nitrogens is 1. The van der Waals surface area contributed by atoms with Crippen molar-refractivity contribution in [2.45, 2.75) is 52.0 Å². The van der Waals surface area contributed by atoms with E-state index in [0.717, 1.165) is 24.2 Å². The van der Waals surface area contributed by atoms with E-state index in [1.807, 2.05) is 18.2 Å².